The van der Waals surface area contributed by atoms with E-state index in [4.69, 9.17) is 0 Å². The lowest BCUT2D eigenvalue weighted by atomic mass is 10.0. The van der Waals surface area contributed by atoms with Crippen molar-refractivity contribution in [3.05, 3.63) is 224 Å². The number of para-hydroxylation sites is 3. The molecule has 11 aromatic rings. The SMILES string of the molecule is c1ccc(-c2ccc(-n3c4ccccc4c4c(N(c5cccc(-c6ccccc6)c5)c5ccc6c7ccccc7n(-c7ccccc7)c6c5)cccc43)cc2)cc1. The fraction of sp³-hybridized carbons (Fsp3) is 0. The molecule has 0 aliphatic rings. The summed E-state index contributed by atoms with van der Waals surface area (Å²) < 4.78 is 4.82. The third-order valence-corrected chi connectivity index (χ3v) is 11.3. The molecular weight excluding hydrogens is 691 g/mol. The molecule has 0 saturated carbocycles. The normalized spacial score (nSPS) is 11.5. The van der Waals surface area contributed by atoms with E-state index in [0.29, 0.717) is 0 Å². The number of nitrogens with zero attached hydrogens (tertiary/aromatic N) is 3. The molecule has 0 N–H and O–H groups in total. The van der Waals surface area contributed by atoms with Crippen molar-refractivity contribution in [2.24, 2.45) is 0 Å². The molecule has 3 heteroatoms. The molecule has 0 amide bonds. The number of anilines is 3. The predicted molar refractivity (Wildman–Crippen MR) is 241 cm³/mol. The zero-order valence-electron chi connectivity index (χ0n) is 31.2. The van der Waals surface area contributed by atoms with Gasteiger partial charge in [0.15, 0.2) is 0 Å². The van der Waals surface area contributed by atoms with E-state index >= 15 is 0 Å². The van der Waals surface area contributed by atoms with E-state index in [0.717, 1.165) is 39.5 Å². The highest BCUT2D eigenvalue weighted by Crippen LogP contribution is 2.46. The highest BCUT2D eigenvalue weighted by atomic mass is 15.2. The lowest BCUT2D eigenvalue weighted by Crippen LogP contribution is -2.11. The van der Waals surface area contributed by atoms with Gasteiger partial charge in [-0.15, -0.1) is 0 Å². The molecular formula is C54H37N3. The Kier molecular flexibility index (Phi) is 7.82. The van der Waals surface area contributed by atoms with E-state index in [9.17, 15) is 0 Å². The summed E-state index contributed by atoms with van der Waals surface area (Å²) in [6.07, 6.45) is 0. The summed E-state index contributed by atoms with van der Waals surface area (Å²) in [4.78, 5) is 2.45. The van der Waals surface area contributed by atoms with Gasteiger partial charge in [0.05, 0.1) is 27.8 Å². The van der Waals surface area contributed by atoms with Crippen molar-refractivity contribution in [2.75, 3.05) is 4.90 Å². The second-order valence-electron chi connectivity index (χ2n) is 14.6. The van der Waals surface area contributed by atoms with Gasteiger partial charge in [-0.2, -0.15) is 0 Å². The van der Waals surface area contributed by atoms with Gasteiger partial charge in [0, 0.05) is 44.3 Å². The maximum absolute atomic E-state index is 2.45. The maximum Gasteiger partial charge on any atom is 0.0562 e. The van der Waals surface area contributed by atoms with E-state index < -0.39 is 0 Å². The Morgan fingerprint density at radius 3 is 1.51 bits per heavy atom. The smallest absolute Gasteiger partial charge is 0.0562 e. The minimum atomic E-state index is 1.09. The molecule has 0 fully saturated rings. The average Bonchev–Trinajstić information content (AvgIpc) is 3.81. The summed E-state index contributed by atoms with van der Waals surface area (Å²) >= 11 is 0. The summed E-state index contributed by atoms with van der Waals surface area (Å²) in [5.74, 6) is 0. The van der Waals surface area contributed by atoms with Crippen molar-refractivity contribution >= 4 is 60.7 Å². The molecule has 2 heterocycles. The number of benzene rings is 9. The van der Waals surface area contributed by atoms with Gasteiger partial charge in [0.2, 0.25) is 0 Å². The van der Waals surface area contributed by atoms with Crippen LogP contribution in [0, 0.1) is 0 Å². The van der Waals surface area contributed by atoms with Crippen LogP contribution < -0.4 is 4.90 Å². The Morgan fingerprint density at radius 2 is 0.772 bits per heavy atom. The Labute approximate surface area is 331 Å². The minimum Gasteiger partial charge on any atom is -0.310 e. The van der Waals surface area contributed by atoms with Crippen LogP contribution in [0.3, 0.4) is 0 Å². The molecule has 3 nitrogen and oxygen atoms in total. The van der Waals surface area contributed by atoms with Crippen molar-refractivity contribution in [2.45, 2.75) is 0 Å². The van der Waals surface area contributed by atoms with Crippen LogP contribution in [-0.2, 0) is 0 Å². The summed E-state index contributed by atoms with van der Waals surface area (Å²) in [6.45, 7) is 0. The Bertz CT molecular complexity index is 3210. The highest BCUT2D eigenvalue weighted by Gasteiger charge is 2.23. The highest BCUT2D eigenvalue weighted by molar-refractivity contribution is 6.17. The summed E-state index contributed by atoms with van der Waals surface area (Å²) in [5.41, 5.74) is 15.0. The van der Waals surface area contributed by atoms with Gasteiger partial charge in [-0.3, -0.25) is 0 Å². The first-order valence-corrected chi connectivity index (χ1v) is 19.5. The zero-order valence-corrected chi connectivity index (χ0v) is 31.2. The summed E-state index contributed by atoms with van der Waals surface area (Å²) in [5, 5.41) is 4.88. The standard InChI is InChI=1S/C54H37N3/c1-4-16-38(17-5-1)40-30-32-43(33-31-40)56-50-27-13-11-25-48(50)54-51(28-15-29-52(54)56)55(44-23-14-20-41(36-44)39-18-6-2-7-19-39)45-34-35-47-46-24-10-12-26-49(46)57(53(47)37-45)42-21-8-3-9-22-42/h1-37H. The second-order valence-corrected chi connectivity index (χ2v) is 14.6. The molecule has 57 heavy (non-hydrogen) atoms. The molecule has 0 saturated heterocycles. The van der Waals surface area contributed by atoms with Gasteiger partial charge in [0.25, 0.3) is 0 Å². The fourth-order valence-electron chi connectivity index (χ4n) is 8.73. The molecule has 9 aromatic carbocycles. The number of aromatic nitrogens is 2. The van der Waals surface area contributed by atoms with Crippen LogP contribution in [0.1, 0.15) is 0 Å². The van der Waals surface area contributed by atoms with Crippen LogP contribution in [0.2, 0.25) is 0 Å². The number of rotatable bonds is 7. The molecule has 268 valence electrons. The third kappa shape index (κ3) is 5.51. The predicted octanol–water partition coefficient (Wildman–Crippen LogP) is 14.7. The largest absolute Gasteiger partial charge is 0.310 e. The monoisotopic (exact) mass is 727 g/mol. The van der Waals surface area contributed by atoms with E-state index in [1.807, 2.05) is 0 Å². The van der Waals surface area contributed by atoms with Crippen LogP contribution >= 0.6 is 0 Å². The Balaban J connectivity index is 1.17. The van der Waals surface area contributed by atoms with Crippen molar-refractivity contribution in [1.29, 1.82) is 0 Å². The summed E-state index contributed by atoms with van der Waals surface area (Å²) in [6, 6.07) is 81.2. The first-order valence-electron chi connectivity index (χ1n) is 19.5. The average molecular weight is 728 g/mol. The minimum absolute atomic E-state index is 1.09. The maximum atomic E-state index is 2.45. The lowest BCUT2D eigenvalue weighted by Gasteiger charge is -2.27. The van der Waals surface area contributed by atoms with Crippen molar-refractivity contribution < 1.29 is 0 Å². The lowest BCUT2D eigenvalue weighted by molar-refractivity contribution is 1.17. The van der Waals surface area contributed by atoms with Crippen molar-refractivity contribution in [3.63, 3.8) is 0 Å². The number of hydrogen-bond acceptors (Lipinski definition) is 1. The summed E-state index contributed by atoms with van der Waals surface area (Å²) in [7, 11) is 0. The van der Waals surface area contributed by atoms with E-state index in [-0.39, 0.29) is 0 Å². The molecule has 0 aliphatic carbocycles. The van der Waals surface area contributed by atoms with Gasteiger partial charge in [-0.25, -0.2) is 0 Å². The van der Waals surface area contributed by atoms with Crippen LogP contribution in [0.15, 0.2) is 224 Å². The third-order valence-electron chi connectivity index (χ3n) is 11.3. The van der Waals surface area contributed by atoms with E-state index in [1.165, 1.54) is 54.8 Å². The van der Waals surface area contributed by atoms with Crippen LogP contribution in [0.25, 0.3) is 77.2 Å². The first kappa shape index (κ1) is 32.8. The van der Waals surface area contributed by atoms with Crippen LogP contribution in [-0.4, -0.2) is 9.13 Å². The quantitative estimate of drug-likeness (QED) is 0.159. The van der Waals surface area contributed by atoms with Gasteiger partial charge < -0.3 is 14.0 Å². The van der Waals surface area contributed by atoms with Crippen molar-refractivity contribution in [3.8, 4) is 33.6 Å². The second kappa shape index (κ2) is 13.6. The number of fused-ring (bicyclic) bond motifs is 6. The van der Waals surface area contributed by atoms with Gasteiger partial charge >= 0.3 is 0 Å². The molecule has 0 aliphatic heterocycles. The van der Waals surface area contributed by atoms with Gasteiger partial charge in [0.1, 0.15) is 0 Å². The molecule has 0 atom stereocenters. The van der Waals surface area contributed by atoms with E-state index in [1.54, 1.807) is 0 Å². The molecule has 0 unspecified atom stereocenters. The molecule has 2 aromatic heterocycles. The molecule has 0 spiro atoms. The Morgan fingerprint density at radius 1 is 0.281 bits per heavy atom. The molecule has 11 rings (SSSR count). The zero-order chi connectivity index (χ0) is 37.7. The molecule has 0 radical (unpaired) electrons. The topological polar surface area (TPSA) is 13.1 Å². The first-order chi connectivity index (χ1) is 28.3. The van der Waals surface area contributed by atoms with Crippen molar-refractivity contribution in [1.82, 2.24) is 9.13 Å². The fourth-order valence-corrected chi connectivity index (χ4v) is 8.73. The molecule has 0 bridgehead atoms. The number of hydrogen-bond donors (Lipinski definition) is 0. The van der Waals surface area contributed by atoms with Gasteiger partial charge in [-0.1, -0.05) is 152 Å². The van der Waals surface area contributed by atoms with Gasteiger partial charge in [-0.05, 0) is 95.1 Å². The van der Waals surface area contributed by atoms with E-state index in [2.05, 4.69) is 238 Å². The van der Waals surface area contributed by atoms with Crippen LogP contribution in [0.5, 0.6) is 0 Å². The van der Waals surface area contributed by atoms with Crippen LogP contribution in [0.4, 0.5) is 17.1 Å². The Hall–Kier alpha value is -7.62.